The minimum Gasteiger partial charge on any atom is -0.493 e. The maximum atomic E-state index is 12.7. The maximum absolute atomic E-state index is 12.7. The van der Waals surface area contributed by atoms with Crippen molar-refractivity contribution in [2.45, 2.75) is 31.6 Å². The number of nitrogens with one attached hydrogen (secondary N) is 1. The van der Waals surface area contributed by atoms with Gasteiger partial charge in [-0.1, -0.05) is 12.1 Å². The number of nitrogens with zero attached hydrogens (tertiary/aromatic N) is 2. The molecule has 0 spiro atoms. The predicted octanol–water partition coefficient (Wildman–Crippen LogP) is 3.88. The molecule has 0 bridgehead atoms. The van der Waals surface area contributed by atoms with Crippen LogP contribution in [0.15, 0.2) is 36.5 Å². The zero-order valence-electron chi connectivity index (χ0n) is 15.9. The Morgan fingerprint density at radius 1 is 1.11 bits per heavy atom. The summed E-state index contributed by atoms with van der Waals surface area (Å²) >= 11 is 0. The molecule has 1 saturated heterocycles. The third-order valence-corrected chi connectivity index (χ3v) is 4.96. The number of alkyl halides is 3. The van der Waals surface area contributed by atoms with Crippen LogP contribution in [0.2, 0.25) is 0 Å². The van der Waals surface area contributed by atoms with E-state index in [9.17, 15) is 13.2 Å². The molecule has 0 radical (unpaired) electrons. The number of para-hydroxylation sites is 1. The normalized spacial score (nSPS) is 15.5. The molecule has 0 atom stereocenters. The van der Waals surface area contributed by atoms with Gasteiger partial charge < -0.3 is 19.7 Å². The highest BCUT2D eigenvalue weighted by atomic mass is 19.4. The summed E-state index contributed by atoms with van der Waals surface area (Å²) in [6, 6.07) is 8.63. The second kappa shape index (κ2) is 8.68. The van der Waals surface area contributed by atoms with Gasteiger partial charge in [-0.3, -0.25) is 0 Å². The summed E-state index contributed by atoms with van der Waals surface area (Å²) in [7, 11) is 3.23. The maximum Gasteiger partial charge on any atom is 0.417 e. The van der Waals surface area contributed by atoms with Gasteiger partial charge in [-0.05, 0) is 31.0 Å². The number of benzene rings is 1. The smallest absolute Gasteiger partial charge is 0.417 e. The van der Waals surface area contributed by atoms with Gasteiger partial charge in [0.1, 0.15) is 5.82 Å². The van der Waals surface area contributed by atoms with E-state index >= 15 is 0 Å². The summed E-state index contributed by atoms with van der Waals surface area (Å²) in [4.78, 5) is 6.00. The molecule has 0 unspecified atom stereocenters. The van der Waals surface area contributed by atoms with E-state index in [1.165, 1.54) is 6.07 Å². The highest BCUT2D eigenvalue weighted by Gasteiger charge is 2.31. The Labute approximate surface area is 162 Å². The highest BCUT2D eigenvalue weighted by molar-refractivity contribution is 5.46. The fourth-order valence-electron chi connectivity index (χ4n) is 3.40. The molecular formula is C20H24F3N3O2. The first-order chi connectivity index (χ1) is 13.4. The van der Waals surface area contributed by atoms with Crippen LogP contribution in [-0.2, 0) is 12.7 Å². The number of ether oxygens (including phenoxy) is 2. The van der Waals surface area contributed by atoms with Gasteiger partial charge in [0.05, 0.1) is 19.8 Å². The molecule has 28 heavy (non-hydrogen) atoms. The van der Waals surface area contributed by atoms with Crippen molar-refractivity contribution >= 4 is 5.82 Å². The number of pyridine rings is 1. The number of methoxy groups -OCH3 is 2. The van der Waals surface area contributed by atoms with Crippen molar-refractivity contribution in [3.63, 3.8) is 0 Å². The van der Waals surface area contributed by atoms with Crippen molar-refractivity contribution in [3.8, 4) is 11.5 Å². The second-order valence-electron chi connectivity index (χ2n) is 6.70. The van der Waals surface area contributed by atoms with E-state index < -0.39 is 11.7 Å². The largest absolute Gasteiger partial charge is 0.493 e. The third kappa shape index (κ3) is 4.67. The molecule has 1 aromatic carbocycles. The van der Waals surface area contributed by atoms with Crippen LogP contribution in [-0.4, -0.2) is 38.3 Å². The van der Waals surface area contributed by atoms with E-state index in [1.807, 2.05) is 23.1 Å². The zero-order chi connectivity index (χ0) is 20.1. The van der Waals surface area contributed by atoms with Crippen LogP contribution in [0.5, 0.6) is 11.5 Å². The molecule has 1 aliphatic rings. The summed E-state index contributed by atoms with van der Waals surface area (Å²) < 4.78 is 48.8. The average molecular weight is 395 g/mol. The Bertz CT molecular complexity index is 773. The molecular weight excluding hydrogens is 371 g/mol. The Kier molecular flexibility index (Phi) is 6.28. The van der Waals surface area contributed by atoms with E-state index in [4.69, 9.17) is 9.47 Å². The summed E-state index contributed by atoms with van der Waals surface area (Å²) in [5, 5.41) is 3.53. The quantitative estimate of drug-likeness (QED) is 0.805. The summed E-state index contributed by atoms with van der Waals surface area (Å²) in [5.74, 6) is 2.01. The predicted molar refractivity (Wildman–Crippen MR) is 101 cm³/mol. The molecule has 1 N–H and O–H groups in total. The van der Waals surface area contributed by atoms with E-state index in [0.717, 1.165) is 49.5 Å². The summed E-state index contributed by atoms with van der Waals surface area (Å²) in [5.41, 5.74) is 0.300. The molecule has 8 heteroatoms. The lowest BCUT2D eigenvalue weighted by molar-refractivity contribution is -0.137. The van der Waals surface area contributed by atoms with Gasteiger partial charge in [-0.25, -0.2) is 4.98 Å². The van der Waals surface area contributed by atoms with E-state index in [0.29, 0.717) is 24.2 Å². The number of anilines is 1. The second-order valence-corrected chi connectivity index (χ2v) is 6.70. The monoisotopic (exact) mass is 395 g/mol. The minimum atomic E-state index is -4.36. The van der Waals surface area contributed by atoms with Gasteiger partial charge in [0.25, 0.3) is 0 Å². The topological polar surface area (TPSA) is 46.6 Å². The molecule has 0 aliphatic carbocycles. The van der Waals surface area contributed by atoms with Crippen LogP contribution in [0.1, 0.15) is 24.0 Å². The first-order valence-corrected chi connectivity index (χ1v) is 9.14. The zero-order valence-corrected chi connectivity index (χ0v) is 15.9. The highest BCUT2D eigenvalue weighted by Crippen LogP contribution is 2.31. The fourth-order valence-corrected chi connectivity index (χ4v) is 3.40. The van der Waals surface area contributed by atoms with Crippen LogP contribution < -0.4 is 19.7 Å². The van der Waals surface area contributed by atoms with Crippen LogP contribution in [0.25, 0.3) is 0 Å². The van der Waals surface area contributed by atoms with Crippen LogP contribution >= 0.6 is 0 Å². The SMILES string of the molecule is COc1cccc(CNC2CCN(c3ccc(C(F)(F)F)cn3)CC2)c1OC. The van der Waals surface area contributed by atoms with Gasteiger partial charge in [0.15, 0.2) is 11.5 Å². The van der Waals surface area contributed by atoms with Crippen LogP contribution in [0.4, 0.5) is 19.0 Å². The van der Waals surface area contributed by atoms with Crippen LogP contribution in [0.3, 0.4) is 0 Å². The molecule has 1 aromatic heterocycles. The first-order valence-electron chi connectivity index (χ1n) is 9.14. The number of halogens is 3. The molecule has 3 rings (SSSR count). The minimum absolute atomic E-state index is 0.321. The third-order valence-electron chi connectivity index (χ3n) is 4.96. The lowest BCUT2D eigenvalue weighted by atomic mass is 10.0. The standard InChI is InChI=1S/C20H24F3N3O2/c1-27-17-5-3-4-14(19(17)28-2)12-24-16-8-10-26(11-9-16)18-7-6-15(13-25-18)20(21,22)23/h3-7,13,16,24H,8-12H2,1-2H3. The lowest BCUT2D eigenvalue weighted by Gasteiger charge is -2.33. The van der Waals surface area contributed by atoms with Crippen molar-refractivity contribution in [3.05, 3.63) is 47.7 Å². The molecule has 1 fully saturated rings. The van der Waals surface area contributed by atoms with Gasteiger partial charge in [0.2, 0.25) is 0 Å². The van der Waals surface area contributed by atoms with Crippen molar-refractivity contribution in [1.82, 2.24) is 10.3 Å². The van der Waals surface area contributed by atoms with Crippen LogP contribution in [0, 0.1) is 0 Å². The van der Waals surface area contributed by atoms with E-state index in [2.05, 4.69) is 10.3 Å². The van der Waals surface area contributed by atoms with E-state index in [1.54, 1.807) is 14.2 Å². The van der Waals surface area contributed by atoms with Gasteiger partial charge >= 0.3 is 6.18 Å². The number of hydrogen-bond acceptors (Lipinski definition) is 5. The average Bonchev–Trinajstić information content (AvgIpc) is 2.71. The Hall–Kier alpha value is -2.48. The van der Waals surface area contributed by atoms with Gasteiger partial charge in [-0.15, -0.1) is 0 Å². The molecule has 152 valence electrons. The molecule has 2 heterocycles. The van der Waals surface area contributed by atoms with Crippen molar-refractivity contribution in [1.29, 1.82) is 0 Å². The van der Waals surface area contributed by atoms with Crippen molar-refractivity contribution in [2.75, 3.05) is 32.2 Å². The first kappa shape index (κ1) is 20.3. The Morgan fingerprint density at radius 3 is 2.43 bits per heavy atom. The number of aromatic nitrogens is 1. The molecule has 0 saturated carbocycles. The van der Waals surface area contributed by atoms with Crippen molar-refractivity contribution in [2.24, 2.45) is 0 Å². The molecule has 1 aliphatic heterocycles. The van der Waals surface area contributed by atoms with Crippen molar-refractivity contribution < 1.29 is 22.6 Å². The summed E-state index contributed by atoms with van der Waals surface area (Å²) in [6.07, 6.45) is -1.69. The number of piperidine rings is 1. The Morgan fingerprint density at radius 2 is 1.86 bits per heavy atom. The van der Waals surface area contributed by atoms with E-state index in [-0.39, 0.29) is 0 Å². The van der Waals surface area contributed by atoms with Gasteiger partial charge in [-0.2, -0.15) is 13.2 Å². The lowest BCUT2D eigenvalue weighted by Crippen LogP contribution is -2.42. The molecule has 0 amide bonds. The Balaban J connectivity index is 1.54. The fraction of sp³-hybridized carbons (Fsp3) is 0.450. The van der Waals surface area contributed by atoms with Gasteiger partial charge in [0, 0.05) is 37.4 Å². The number of hydrogen-bond donors (Lipinski definition) is 1. The molecule has 5 nitrogen and oxygen atoms in total. The summed E-state index contributed by atoms with van der Waals surface area (Å²) in [6.45, 7) is 2.14. The number of rotatable bonds is 6. The molecule has 2 aromatic rings.